The standard InChI is InChI=1S/C8H15N3/c1-4-7(2)10-8-9-5-6-11(8)3/h5-7H,4H2,1-3H3,(H,9,10). The Bertz CT molecular complexity index is 217. The molecule has 0 spiro atoms. The van der Waals surface area contributed by atoms with E-state index in [1.165, 1.54) is 0 Å². The first-order valence-electron chi connectivity index (χ1n) is 3.98. The molecule has 0 aliphatic rings. The summed E-state index contributed by atoms with van der Waals surface area (Å²) in [5.74, 6) is 0.944. The second-order valence-electron chi connectivity index (χ2n) is 2.82. The van der Waals surface area contributed by atoms with Gasteiger partial charge in [0.1, 0.15) is 0 Å². The number of nitrogens with zero attached hydrogens (tertiary/aromatic N) is 2. The van der Waals surface area contributed by atoms with Crippen molar-refractivity contribution < 1.29 is 0 Å². The van der Waals surface area contributed by atoms with E-state index >= 15 is 0 Å². The second kappa shape index (κ2) is 3.42. The lowest BCUT2D eigenvalue weighted by atomic mass is 10.3. The smallest absolute Gasteiger partial charge is 0.202 e. The maximum Gasteiger partial charge on any atom is 0.202 e. The van der Waals surface area contributed by atoms with Gasteiger partial charge in [0.25, 0.3) is 0 Å². The lowest BCUT2D eigenvalue weighted by Gasteiger charge is -2.11. The van der Waals surface area contributed by atoms with Crippen LogP contribution in [-0.4, -0.2) is 15.6 Å². The molecule has 1 heterocycles. The fourth-order valence-electron chi connectivity index (χ4n) is 0.827. The molecular weight excluding hydrogens is 138 g/mol. The van der Waals surface area contributed by atoms with Crippen LogP contribution in [0.25, 0.3) is 0 Å². The second-order valence-corrected chi connectivity index (χ2v) is 2.82. The average molecular weight is 153 g/mol. The minimum absolute atomic E-state index is 0.496. The van der Waals surface area contributed by atoms with Gasteiger partial charge in [0, 0.05) is 25.5 Å². The van der Waals surface area contributed by atoms with Gasteiger partial charge in [0.2, 0.25) is 5.95 Å². The largest absolute Gasteiger partial charge is 0.353 e. The number of hydrogen-bond donors (Lipinski definition) is 1. The molecular formula is C8H15N3. The summed E-state index contributed by atoms with van der Waals surface area (Å²) < 4.78 is 1.98. The molecule has 1 rings (SSSR count). The van der Waals surface area contributed by atoms with Crippen LogP contribution >= 0.6 is 0 Å². The molecule has 0 bridgehead atoms. The molecule has 62 valence electrons. The maximum atomic E-state index is 4.16. The van der Waals surface area contributed by atoms with Crippen LogP contribution in [0.1, 0.15) is 20.3 Å². The molecule has 0 saturated heterocycles. The molecule has 11 heavy (non-hydrogen) atoms. The van der Waals surface area contributed by atoms with Crippen molar-refractivity contribution in [1.82, 2.24) is 9.55 Å². The van der Waals surface area contributed by atoms with Gasteiger partial charge in [-0.15, -0.1) is 0 Å². The molecule has 0 aromatic carbocycles. The minimum Gasteiger partial charge on any atom is -0.353 e. The number of hydrogen-bond acceptors (Lipinski definition) is 2. The van der Waals surface area contributed by atoms with Gasteiger partial charge < -0.3 is 9.88 Å². The number of aromatic nitrogens is 2. The van der Waals surface area contributed by atoms with Gasteiger partial charge in [-0.1, -0.05) is 6.92 Å². The van der Waals surface area contributed by atoms with Crippen LogP contribution < -0.4 is 5.32 Å². The highest BCUT2D eigenvalue weighted by Crippen LogP contribution is 2.04. The Labute approximate surface area is 67.4 Å². The highest BCUT2D eigenvalue weighted by Gasteiger charge is 2.01. The summed E-state index contributed by atoms with van der Waals surface area (Å²) in [4.78, 5) is 4.16. The van der Waals surface area contributed by atoms with Crippen molar-refractivity contribution in [2.75, 3.05) is 5.32 Å². The molecule has 3 nitrogen and oxygen atoms in total. The van der Waals surface area contributed by atoms with Crippen molar-refractivity contribution >= 4 is 5.95 Å². The zero-order valence-corrected chi connectivity index (χ0v) is 7.33. The molecule has 0 radical (unpaired) electrons. The van der Waals surface area contributed by atoms with Crippen molar-refractivity contribution in [3.63, 3.8) is 0 Å². The van der Waals surface area contributed by atoms with E-state index in [2.05, 4.69) is 24.1 Å². The van der Waals surface area contributed by atoms with Crippen LogP contribution in [0.5, 0.6) is 0 Å². The van der Waals surface area contributed by atoms with Gasteiger partial charge in [-0.2, -0.15) is 0 Å². The summed E-state index contributed by atoms with van der Waals surface area (Å²) in [6, 6.07) is 0.496. The van der Waals surface area contributed by atoms with Crippen molar-refractivity contribution in [3.8, 4) is 0 Å². The van der Waals surface area contributed by atoms with E-state index in [-0.39, 0.29) is 0 Å². The van der Waals surface area contributed by atoms with Crippen molar-refractivity contribution in [2.45, 2.75) is 26.3 Å². The maximum absolute atomic E-state index is 4.16. The molecule has 3 heteroatoms. The molecule has 0 aliphatic carbocycles. The molecule has 0 aliphatic heterocycles. The summed E-state index contributed by atoms with van der Waals surface area (Å²) in [5.41, 5.74) is 0. The fourth-order valence-corrected chi connectivity index (χ4v) is 0.827. The van der Waals surface area contributed by atoms with Crippen LogP contribution in [0.2, 0.25) is 0 Å². The quantitative estimate of drug-likeness (QED) is 0.715. The SMILES string of the molecule is CCC(C)Nc1nccn1C. The summed E-state index contributed by atoms with van der Waals surface area (Å²) in [7, 11) is 1.98. The van der Waals surface area contributed by atoms with Crippen molar-refractivity contribution in [2.24, 2.45) is 7.05 Å². The molecule has 1 N–H and O–H groups in total. The Morgan fingerprint density at radius 1 is 1.73 bits per heavy atom. The molecule has 1 unspecified atom stereocenters. The number of nitrogens with one attached hydrogen (secondary N) is 1. The van der Waals surface area contributed by atoms with Gasteiger partial charge in [0.15, 0.2) is 0 Å². The van der Waals surface area contributed by atoms with Gasteiger partial charge in [-0.25, -0.2) is 4.98 Å². The lowest BCUT2D eigenvalue weighted by Crippen LogP contribution is -2.16. The third-order valence-corrected chi connectivity index (χ3v) is 1.81. The molecule has 0 fully saturated rings. The van der Waals surface area contributed by atoms with E-state index in [1.807, 2.05) is 17.8 Å². The average Bonchev–Trinajstić information content (AvgIpc) is 2.37. The fraction of sp³-hybridized carbons (Fsp3) is 0.625. The van der Waals surface area contributed by atoms with Crippen molar-refractivity contribution in [3.05, 3.63) is 12.4 Å². The van der Waals surface area contributed by atoms with E-state index in [1.54, 1.807) is 6.20 Å². The molecule has 1 aromatic heterocycles. The Morgan fingerprint density at radius 3 is 2.91 bits per heavy atom. The zero-order valence-electron chi connectivity index (χ0n) is 7.33. The van der Waals surface area contributed by atoms with E-state index in [0.717, 1.165) is 12.4 Å². The summed E-state index contributed by atoms with van der Waals surface area (Å²) in [6.07, 6.45) is 4.85. The predicted octanol–water partition coefficient (Wildman–Crippen LogP) is 1.63. The van der Waals surface area contributed by atoms with Crippen LogP contribution in [0.15, 0.2) is 12.4 Å². The highest BCUT2D eigenvalue weighted by molar-refractivity contribution is 5.26. The molecule has 1 aromatic rings. The Morgan fingerprint density at radius 2 is 2.45 bits per heavy atom. The van der Waals surface area contributed by atoms with E-state index in [0.29, 0.717) is 6.04 Å². The molecule has 0 amide bonds. The monoisotopic (exact) mass is 153 g/mol. The van der Waals surface area contributed by atoms with Gasteiger partial charge >= 0.3 is 0 Å². The Balaban J connectivity index is 2.56. The minimum atomic E-state index is 0.496. The number of rotatable bonds is 3. The third-order valence-electron chi connectivity index (χ3n) is 1.81. The summed E-state index contributed by atoms with van der Waals surface area (Å²) in [6.45, 7) is 4.30. The predicted molar refractivity (Wildman–Crippen MR) is 46.6 cm³/mol. The Hall–Kier alpha value is -0.990. The third kappa shape index (κ3) is 1.97. The highest BCUT2D eigenvalue weighted by atomic mass is 15.2. The lowest BCUT2D eigenvalue weighted by molar-refractivity contribution is 0.740. The normalized spacial score (nSPS) is 13.0. The topological polar surface area (TPSA) is 29.9 Å². The van der Waals surface area contributed by atoms with Crippen LogP contribution in [0, 0.1) is 0 Å². The summed E-state index contributed by atoms with van der Waals surface area (Å²) >= 11 is 0. The Kier molecular flexibility index (Phi) is 2.52. The van der Waals surface area contributed by atoms with Crippen LogP contribution in [-0.2, 0) is 7.05 Å². The molecule has 0 saturated carbocycles. The number of anilines is 1. The van der Waals surface area contributed by atoms with Gasteiger partial charge in [-0.3, -0.25) is 0 Å². The van der Waals surface area contributed by atoms with Gasteiger partial charge in [-0.05, 0) is 13.3 Å². The molecule has 1 atom stereocenters. The first-order valence-corrected chi connectivity index (χ1v) is 3.98. The summed E-state index contributed by atoms with van der Waals surface area (Å²) in [5, 5.41) is 3.29. The zero-order chi connectivity index (χ0) is 8.27. The van der Waals surface area contributed by atoms with Crippen molar-refractivity contribution in [1.29, 1.82) is 0 Å². The van der Waals surface area contributed by atoms with E-state index < -0.39 is 0 Å². The first kappa shape index (κ1) is 8.11. The van der Waals surface area contributed by atoms with Crippen LogP contribution in [0.4, 0.5) is 5.95 Å². The first-order chi connectivity index (χ1) is 5.24. The van der Waals surface area contributed by atoms with E-state index in [9.17, 15) is 0 Å². The number of imidazole rings is 1. The number of aryl methyl sites for hydroxylation is 1. The van der Waals surface area contributed by atoms with Crippen LogP contribution in [0.3, 0.4) is 0 Å². The van der Waals surface area contributed by atoms with E-state index in [4.69, 9.17) is 0 Å². The van der Waals surface area contributed by atoms with Gasteiger partial charge in [0.05, 0.1) is 0 Å².